The summed E-state index contributed by atoms with van der Waals surface area (Å²) in [6.45, 7) is 0. The highest BCUT2D eigenvalue weighted by Gasteiger charge is 2.22. The standard InChI is InChI=1S/C16H14BrN3S/c17-12-8-14-15(18-9-12)20(16(21)19-14)13-6-5-10-3-1-2-4-11(10)7-13/h1-4,8-9,13H,5-7H2,(H,19,21). The van der Waals surface area contributed by atoms with Crippen LogP contribution in [0.5, 0.6) is 0 Å². The molecule has 4 rings (SSSR count). The molecule has 0 bridgehead atoms. The molecule has 106 valence electrons. The summed E-state index contributed by atoms with van der Waals surface area (Å²) in [7, 11) is 0. The van der Waals surface area contributed by atoms with Gasteiger partial charge in [0.1, 0.15) is 0 Å². The Bertz CT molecular complexity index is 881. The molecule has 21 heavy (non-hydrogen) atoms. The van der Waals surface area contributed by atoms with Crippen molar-refractivity contribution in [3.05, 3.63) is 56.9 Å². The summed E-state index contributed by atoms with van der Waals surface area (Å²) in [6, 6.07) is 11.1. The zero-order chi connectivity index (χ0) is 14.4. The maximum absolute atomic E-state index is 5.53. The summed E-state index contributed by atoms with van der Waals surface area (Å²) < 4.78 is 3.92. The number of hydrogen-bond donors (Lipinski definition) is 1. The second-order valence-corrected chi connectivity index (χ2v) is 6.79. The largest absolute Gasteiger partial charge is 0.329 e. The number of H-pyrrole nitrogens is 1. The first-order valence-corrected chi connectivity index (χ1v) is 8.25. The lowest BCUT2D eigenvalue weighted by atomic mass is 9.88. The van der Waals surface area contributed by atoms with Crippen LogP contribution in [0.1, 0.15) is 23.6 Å². The van der Waals surface area contributed by atoms with Gasteiger partial charge in [0.2, 0.25) is 0 Å². The molecule has 2 aromatic heterocycles. The normalized spacial score (nSPS) is 17.9. The van der Waals surface area contributed by atoms with E-state index in [4.69, 9.17) is 12.2 Å². The van der Waals surface area contributed by atoms with Gasteiger partial charge in [-0.1, -0.05) is 24.3 Å². The topological polar surface area (TPSA) is 33.6 Å². The second-order valence-electron chi connectivity index (χ2n) is 5.49. The van der Waals surface area contributed by atoms with E-state index in [-0.39, 0.29) is 0 Å². The van der Waals surface area contributed by atoms with Crippen molar-refractivity contribution in [1.82, 2.24) is 14.5 Å². The van der Waals surface area contributed by atoms with Crippen molar-refractivity contribution < 1.29 is 0 Å². The predicted molar refractivity (Wildman–Crippen MR) is 90.1 cm³/mol. The van der Waals surface area contributed by atoms with Crippen LogP contribution in [0.4, 0.5) is 0 Å². The molecule has 3 aromatic rings. The first-order valence-electron chi connectivity index (χ1n) is 7.05. The molecule has 2 heterocycles. The zero-order valence-electron chi connectivity index (χ0n) is 11.3. The highest BCUT2D eigenvalue weighted by atomic mass is 79.9. The number of hydrogen-bond acceptors (Lipinski definition) is 2. The summed E-state index contributed by atoms with van der Waals surface area (Å²) in [5, 5.41) is 0. The SMILES string of the molecule is S=c1[nH]c2cc(Br)cnc2n1C1CCc2ccccc2C1. The third kappa shape index (κ3) is 2.24. The van der Waals surface area contributed by atoms with Crippen LogP contribution >= 0.6 is 28.1 Å². The van der Waals surface area contributed by atoms with Gasteiger partial charge in [-0.25, -0.2) is 4.98 Å². The van der Waals surface area contributed by atoms with Crippen molar-refractivity contribution in [3.8, 4) is 0 Å². The first kappa shape index (κ1) is 13.2. The number of halogens is 1. The minimum Gasteiger partial charge on any atom is -0.329 e. The second kappa shape index (κ2) is 5.07. The minimum absolute atomic E-state index is 0.384. The Morgan fingerprint density at radius 1 is 1.29 bits per heavy atom. The van der Waals surface area contributed by atoms with Gasteiger partial charge in [-0.2, -0.15) is 0 Å². The molecule has 1 aliphatic rings. The van der Waals surface area contributed by atoms with Crippen molar-refractivity contribution in [1.29, 1.82) is 0 Å². The molecule has 1 unspecified atom stereocenters. The lowest BCUT2D eigenvalue weighted by Gasteiger charge is -2.25. The zero-order valence-corrected chi connectivity index (χ0v) is 13.7. The minimum atomic E-state index is 0.384. The molecule has 0 saturated heterocycles. The van der Waals surface area contributed by atoms with E-state index >= 15 is 0 Å². The van der Waals surface area contributed by atoms with Gasteiger partial charge in [-0.3, -0.25) is 4.57 Å². The molecule has 0 spiro atoms. The Morgan fingerprint density at radius 3 is 2.95 bits per heavy atom. The Morgan fingerprint density at radius 2 is 2.10 bits per heavy atom. The van der Waals surface area contributed by atoms with E-state index in [1.54, 1.807) is 0 Å². The highest BCUT2D eigenvalue weighted by molar-refractivity contribution is 9.10. The number of fused-ring (bicyclic) bond motifs is 2. The number of benzene rings is 1. The number of aromatic amines is 1. The van der Waals surface area contributed by atoms with Crippen LogP contribution in [-0.2, 0) is 12.8 Å². The van der Waals surface area contributed by atoms with E-state index in [0.29, 0.717) is 6.04 Å². The Balaban J connectivity index is 1.81. The molecular weight excluding hydrogens is 346 g/mol. The predicted octanol–water partition coefficient (Wildman–Crippen LogP) is 4.59. The Labute approximate surface area is 136 Å². The monoisotopic (exact) mass is 359 g/mol. The molecule has 1 aromatic carbocycles. The van der Waals surface area contributed by atoms with Crippen LogP contribution in [0.3, 0.4) is 0 Å². The molecule has 0 radical (unpaired) electrons. The maximum Gasteiger partial charge on any atom is 0.179 e. The summed E-state index contributed by atoms with van der Waals surface area (Å²) in [6.07, 6.45) is 5.06. The number of pyridine rings is 1. The number of nitrogens with one attached hydrogen (secondary N) is 1. The molecule has 1 atom stereocenters. The summed E-state index contributed by atoms with van der Waals surface area (Å²) >= 11 is 8.99. The van der Waals surface area contributed by atoms with Gasteiger partial charge in [0.05, 0.1) is 5.52 Å². The summed E-state index contributed by atoms with van der Waals surface area (Å²) in [5.74, 6) is 0. The molecule has 0 fully saturated rings. The van der Waals surface area contributed by atoms with E-state index in [1.165, 1.54) is 11.1 Å². The number of imidazole rings is 1. The quantitative estimate of drug-likeness (QED) is 0.644. The van der Waals surface area contributed by atoms with E-state index in [0.717, 1.165) is 39.7 Å². The van der Waals surface area contributed by atoms with E-state index < -0.39 is 0 Å². The lowest BCUT2D eigenvalue weighted by Crippen LogP contribution is -2.19. The van der Waals surface area contributed by atoms with Crippen molar-refractivity contribution in [2.75, 3.05) is 0 Å². The van der Waals surface area contributed by atoms with E-state index in [1.807, 2.05) is 12.3 Å². The van der Waals surface area contributed by atoms with E-state index in [9.17, 15) is 0 Å². The molecule has 5 heteroatoms. The maximum atomic E-state index is 5.53. The molecular formula is C16H14BrN3S. The van der Waals surface area contributed by atoms with Gasteiger partial charge in [0.15, 0.2) is 10.4 Å². The van der Waals surface area contributed by atoms with Crippen molar-refractivity contribution in [2.45, 2.75) is 25.3 Å². The van der Waals surface area contributed by atoms with Gasteiger partial charge in [-0.15, -0.1) is 0 Å². The molecule has 0 aliphatic heterocycles. The van der Waals surface area contributed by atoms with E-state index in [2.05, 4.69) is 54.7 Å². The van der Waals surface area contributed by atoms with Crippen molar-refractivity contribution in [3.63, 3.8) is 0 Å². The smallest absolute Gasteiger partial charge is 0.179 e. The number of nitrogens with zero attached hydrogens (tertiary/aromatic N) is 2. The van der Waals surface area contributed by atoms with Crippen LogP contribution in [0.2, 0.25) is 0 Å². The average Bonchev–Trinajstić information content (AvgIpc) is 2.81. The molecule has 0 amide bonds. The summed E-state index contributed by atoms with van der Waals surface area (Å²) in [4.78, 5) is 7.83. The number of aryl methyl sites for hydroxylation is 1. The summed E-state index contributed by atoms with van der Waals surface area (Å²) in [5.41, 5.74) is 4.85. The average molecular weight is 360 g/mol. The van der Waals surface area contributed by atoms with Gasteiger partial charge in [-0.05, 0) is 64.6 Å². The van der Waals surface area contributed by atoms with Crippen LogP contribution in [0, 0.1) is 4.77 Å². The van der Waals surface area contributed by atoms with Gasteiger partial charge < -0.3 is 4.98 Å². The third-order valence-corrected chi connectivity index (χ3v) is 4.94. The number of rotatable bonds is 1. The Hall–Kier alpha value is -1.46. The van der Waals surface area contributed by atoms with Crippen molar-refractivity contribution >= 4 is 39.3 Å². The fraction of sp³-hybridized carbons (Fsp3) is 0.250. The highest BCUT2D eigenvalue weighted by Crippen LogP contribution is 2.31. The first-order chi connectivity index (χ1) is 10.2. The molecule has 3 nitrogen and oxygen atoms in total. The van der Waals surface area contributed by atoms with Gasteiger partial charge in [0, 0.05) is 16.7 Å². The molecule has 1 aliphatic carbocycles. The van der Waals surface area contributed by atoms with Gasteiger partial charge in [0.25, 0.3) is 0 Å². The third-order valence-electron chi connectivity index (χ3n) is 4.21. The van der Waals surface area contributed by atoms with Gasteiger partial charge >= 0.3 is 0 Å². The number of aromatic nitrogens is 3. The van der Waals surface area contributed by atoms with Crippen LogP contribution in [-0.4, -0.2) is 14.5 Å². The fourth-order valence-corrected chi connectivity index (χ4v) is 3.90. The van der Waals surface area contributed by atoms with Crippen LogP contribution < -0.4 is 0 Å². The molecule has 0 saturated carbocycles. The molecule has 1 N–H and O–H groups in total. The fourth-order valence-electron chi connectivity index (χ4n) is 3.23. The van der Waals surface area contributed by atoms with Crippen LogP contribution in [0.15, 0.2) is 41.0 Å². The lowest BCUT2D eigenvalue weighted by molar-refractivity contribution is 0.446. The Kier molecular flexibility index (Phi) is 3.19. The van der Waals surface area contributed by atoms with Crippen molar-refractivity contribution in [2.24, 2.45) is 0 Å². The van der Waals surface area contributed by atoms with Crippen LogP contribution in [0.25, 0.3) is 11.2 Å².